The first kappa shape index (κ1) is 13.1. The van der Waals surface area contributed by atoms with E-state index in [2.05, 4.69) is 17.1 Å². The van der Waals surface area contributed by atoms with Crippen molar-refractivity contribution in [1.82, 2.24) is 15.0 Å². The van der Waals surface area contributed by atoms with Crippen LogP contribution in [0.1, 0.15) is 45.3 Å². The molecule has 1 saturated heterocycles. The van der Waals surface area contributed by atoms with Crippen LogP contribution in [0.2, 0.25) is 0 Å². The second kappa shape index (κ2) is 4.71. The van der Waals surface area contributed by atoms with Crippen molar-refractivity contribution >= 4 is 5.91 Å². The zero-order valence-corrected chi connectivity index (χ0v) is 11.6. The summed E-state index contributed by atoms with van der Waals surface area (Å²) in [5.74, 6) is 1.55. The normalized spacial score (nSPS) is 24.6. The largest absolute Gasteiger partial charge is 0.341 e. The van der Waals surface area contributed by atoms with Gasteiger partial charge in [-0.1, -0.05) is 19.0 Å². The van der Waals surface area contributed by atoms with Crippen molar-refractivity contribution < 1.29 is 9.32 Å². The van der Waals surface area contributed by atoms with Gasteiger partial charge in [0.1, 0.15) is 0 Å². The van der Waals surface area contributed by atoms with E-state index in [1.807, 2.05) is 25.7 Å². The van der Waals surface area contributed by atoms with Gasteiger partial charge >= 0.3 is 0 Å². The minimum absolute atomic E-state index is 0.0387. The Balaban J connectivity index is 2.17. The zero-order chi connectivity index (χ0) is 13.3. The van der Waals surface area contributed by atoms with Gasteiger partial charge in [-0.25, -0.2) is 0 Å². The number of nitrogens with zero attached hydrogens (tertiary/aromatic N) is 3. The number of piperidine rings is 1. The lowest BCUT2D eigenvalue weighted by atomic mass is 9.81. The second-order valence-corrected chi connectivity index (χ2v) is 5.73. The number of aryl methyl sites for hydroxylation is 1. The van der Waals surface area contributed by atoms with Crippen molar-refractivity contribution in [2.24, 2.45) is 5.92 Å². The van der Waals surface area contributed by atoms with Crippen LogP contribution in [0.25, 0.3) is 0 Å². The van der Waals surface area contributed by atoms with Crippen LogP contribution >= 0.6 is 0 Å². The van der Waals surface area contributed by atoms with Crippen molar-refractivity contribution in [3.8, 4) is 0 Å². The Labute approximate surface area is 108 Å². The molecule has 100 valence electrons. The number of rotatable bonds is 2. The van der Waals surface area contributed by atoms with E-state index in [1.54, 1.807) is 0 Å². The third-order valence-electron chi connectivity index (χ3n) is 3.55. The highest BCUT2D eigenvalue weighted by atomic mass is 16.5. The molecule has 0 spiro atoms. The van der Waals surface area contributed by atoms with Crippen molar-refractivity contribution in [2.75, 3.05) is 13.1 Å². The number of aromatic nitrogens is 2. The predicted octanol–water partition coefficient (Wildman–Crippen LogP) is 1.91. The zero-order valence-electron chi connectivity index (χ0n) is 11.6. The van der Waals surface area contributed by atoms with Gasteiger partial charge in [0.2, 0.25) is 11.8 Å². The minimum atomic E-state index is -0.204. The highest BCUT2D eigenvalue weighted by Gasteiger charge is 2.39. The lowest BCUT2D eigenvalue weighted by Crippen LogP contribution is -2.48. The summed E-state index contributed by atoms with van der Waals surface area (Å²) in [7, 11) is 0. The molecule has 5 nitrogen and oxygen atoms in total. The molecule has 1 aliphatic rings. The van der Waals surface area contributed by atoms with E-state index in [0.717, 1.165) is 19.4 Å². The first-order valence-corrected chi connectivity index (χ1v) is 6.52. The molecular formula is C13H21N3O2. The Hall–Kier alpha value is -1.39. The standard InChI is InChI=1S/C13H21N3O2/c1-9(2)11(17)16-7-5-6-13(4,8-16)12-14-10(3)15-18-12/h9H,5-8H2,1-4H3/t13-/m1/s1. The van der Waals surface area contributed by atoms with Crippen molar-refractivity contribution in [3.05, 3.63) is 11.7 Å². The molecule has 1 amide bonds. The third-order valence-corrected chi connectivity index (χ3v) is 3.55. The van der Waals surface area contributed by atoms with E-state index in [-0.39, 0.29) is 17.2 Å². The highest BCUT2D eigenvalue weighted by Crippen LogP contribution is 2.33. The van der Waals surface area contributed by atoms with Crippen LogP contribution in [0.3, 0.4) is 0 Å². The summed E-state index contributed by atoms with van der Waals surface area (Å²) < 4.78 is 5.30. The van der Waals surface area contributed by atoms with E-state index >= 15 is 0 Å². The van der Waals surface area contributed by atoms with E-state index in [4.69, 9.17) is 4.52 Å². The molecule has 5 heteroatoms. The third kappa shape index (κ3) is 2.40. The van der Waals surface area contributed by atoms with E-state index in [9.17, 15) is 4.79 Å². The highest BCUT2D eigenvalue weighted by molar-refractivity contribution is 5.78. The molecule has 0 unspecified atom stereocenters. The van der Waals surface area contributed by atoms with Crippen LogP contribution in [0.4, 0.5) is 0 Å². The van der Waals surface area contributed by atoms with Gasteiger partial charge in [0, 0.05) is 19.0 Å². The van der Waals surface area contributed by atoms with Gasteiger partial charge in [-0.05, 0) is 26.7 Å². The van der Waals surface area contributed by atoms with Gasteiger partial charge in [-0.15, -0.1) is 0 Å². The van der Waals surface area contributed by atoms with Gasteiger partial charge in [0.05, 0.1) is 5.41 Å². The Morgan fingerprint density at radius 1 is 1.50 bits per heavy atom. The van der Waals surface area contributed by atoms with Crippen LogP contribution in [-0.2, 0) is 10.2 Å². The maximum atomic E-state index is 12.1. The van der Waals surface area contributed by atoms with Crippen LogP contribution in [0.15, 0.2) is 4.52 Å². The number of amides is 1. The van der Waals surface area contributed by atoms with E-state index in [0.29, 0.717) is 18.3 Å². The molecule has 1 aromatic rings. The van der Waals surface area contributed by atoms with Gasteiger partial charge in [0.15, 0.2) is 5.82 Å². The smallest absolute Gasteiger partial charge is 0.234 e. The number of carbonyl (C=O) groups excluding carboxylic acids is 1. The van der Waals surface area contributed by atoms with Gasteiger partial charge in [-0.2, -0.15) is 4.98 Å². The van der Waals surface area contributed by atoms with Gasteiger partial charge < -0.3 is 9.42 Å². The Kier molecular flexibility index (Phi) is 3.41. The van der Waals surface area contributed by atoms with Gasteiger partial charge in [0.25, 0.3) is 0 Å². The quantitative estimate of drug-likeness (QED) is 0.805. The molecular weight excluding hydrogens is 230 g/mol. The average molecular weight is 251 g/mol. The topological polar surface area (TPSA) is 59.2 Å². The Morgan fingerprint density at radius 2 is 2.22 bits per heavy atom. The molecule has 0 aliphatic carbocycles. The molecule has 1 atom stereocenters. The average Bonchev–Trinajstić information content (AvgIpc) is 2.75. The van der Waals surface area contributed by atoms with Crippen LogP contribution in [0, 0.1) is 12.8 Å². The molecule has 0 aromatic carbocycles. The van der Waals surface area contributed by atoms with E-state index < -0.39 is 0 Å². The van der Waals surface area contributed by atoms with Crippen LogP contribution in [0.5, 0.6) is 0 Å². The maximum Gasteiger partial charge on any atom is 0.234 e. The van der Waals surface area contributed by atoms with Gasteiger partial charge in [-0.3, -0.25) is 4.79 Å². The fourth-order valence-corrected chi connectivity index (χ4v) is 2.51. The summed E-state index contributed by atoms with van der Waals surface area (Å²) in [5.41, 5.74) is -0.204. The SMILES string of the molecule is Cc1noc([C@]2(C)CCCN(C(=O)C(C)C)C2)n1. The van der Waals surface area contributed by atoms with Crippen molar-refractivity contribution in [3.63, 3.8) is 0 Å². The monoisotopic (exact) mass is 251 g/mol. The molecule has 0 bridgehead atoms. The molecule has 0 N–H and O–H groups in total. The second-order valence-electron chi connectivity index (χ2n) is 5.73. The number of carbonyl (C=O) groups is 1. The molecule has 2 rings (SSSR count). The summed E-state index contributed by atoms with van der Waals surface area (Å²) in [6.45, 7) is 9.29. The Morgan fingerprint density at radius 3 is 2.78 bits per heavy atom. The predicted molar refractivity (Wildman–Crippen MR) is 67.0 cm³/mol. The summed E-state index contributed by atoms with van der Waals surface area (Å²) in [4.78, 5) is 18.3. The molecule has 1 fully saturated rings. The first-order valence-electron chi connectivity index (χ1n) is 6.52. The fourth-order valence-electron chi connectivity index (χ4n) is 2.51. The van der Waals surface area contributed by atoms with Crippen LogP contribution in [-0.4, -0.2) is 34.0 Å². The summed E-state index contributed by atoms with van der Waals surface area (Å²) in [6, 6.07) is 0. The molecule has 18 heavy (non-hydrogen) atoms. The van der Waals surface area contributed by atoms with Crippen LogP contribution < -0.4 is 0 Å². The lowest BCUT2D eigenvalue weighted by molar-refractivity contribution is -0.136. The minimum Gasteiger partial charge on any atom is -0.341 e. The molecule has 2 heterocycles. The molecule has 0 radical (unpaired) electrons. The number of hydrogen-bond donors (Lipinski definition) is 0. The molecule has 1 aliphatic heterocycles. The fraction of sp³-hybridized carbons (Fsp3) is 0.769. The summed E-state index contributed by atoms with van der Waals surface area (Å²) >= 11 is 0. The Bertz CT molecular complexity index is 441. The van der Waals surface area contributed by atoms with E-state index in [1.165, 1.54) is 0 Å². The number of hydrogen-bond acceptors (Lipinski definition) is 4. The van der Waals surface area contributed by atoms with Crippen molar-refractivity contribution in [1.29, 1.82) is 0 Å². The first-order chi connectivity index (χ1) is 8.42. The summed E-state index contributed by atoms with van der Waals surface area (Å²) in [6.07, 6.45) is 1.97. The maximum absolute atomic E-state index is 12.1. The van der Waals surface area contributed by atoms with Crippen molar-refractivity contribution in [2.45, 2.75) is 46.0 Å². The molecule has 0 saturated carbocycles. The lowest BCUT2D eigenvalue weighted by Gasteiger charge is -2.38. The summed E-state index contributed by atoms with van der Waals surface area (Å²) in [5, 5.41) is 3.85. The molecule has 1 aromatic heterocycles. The number of likely N-dealkylation sites (tertiary alicyclic amines) is 1.